The van der Waals surface area contributed by atoms with Gasteiger partial charge in [0.1, 0.15) is 12.4 Å². The zero-order valence-corrected chi connectivity index (χ0v) is 9.52. The molecule has 0 bridgehead atoms. The van der Waals surface area contributed by atoms with Crippen LogP contribution in [0.15, 0.2) is 47.9 Å². The van der Waals surface area contributed by atoms with Crippen molar-refractivity contribution in [3.05, 3.63) is 54.1 Å². The molecule has 92 valence electrons. The van der Waals surface area contributed by atoms with Crippen LogP contribution in [-0.4, -0.2) is 21.0 Å². The second kappa shape index (κ2) is 5.62. The second-order valence-corrected chi connectivity index (χ2v) is 3.44. The Labute approximate surface area is 104 Å². The molecular weight excluding hydrogens is 232 g/mol. The summed E-state index contributed by atoms with van der Waals surface area (Å²) in [4.78, 5) is 8.08. The van der Waals surface area contributed by atoms with Crippen molar-refractivity contribution in [3.8, 4) is 5.75 Å². The molecule has 2 rings (SSSR count). The summed E-state index contributed by atoms with van der Waals surface area (Å²) in [5.74, 6) is 1.08. The molecule has 6 heteroatoms. The first kappa shape index (κ1) is 11.8. The number of rotatable bonds is 4. The maximum Gasteiger partial charge on any atom is 0.173 e. The fourth-order valence-corrected chi connectivity index (χ4v) is 1.40. The van der Waals surface area contributed by atoms with Crippen LogP contribution < -0.4 is 10.5 Å². The summed E-state index contributed by atoms with van der Waals surface area (Å²) in [6.07, 6.45) is 3.28. The number of nitrogens with two attached hydrogens (primary N) is 1. The largest absolute Gasteiger partial charge is 0.485 e. The minimum atomic E-state index is -0.000389. The molecule has 1 heterocycles. The SMILES string of the molecule is NC(=NO)c1ccccc1OCc1ncccn1. The molecule has 0 amide bonds. The Morgan fingerprint density at radius 2 is 1.94 bits per heavy atom. The molecule has 0 fully saturated rings. The molecule has 1 aromatic heterocycles. The predicted octanol–water partition coefficient (Wildman–Crippen LogP) is 1.15. The number of amidine groups is 1. The zero-order chi connectivity index (χ0) is 12.8. The molecule has 0 atom stereocenters. The van der Waals surface area contributed by atoms with Crippen LogP contribution in [0.5, 0.6) is 5.75 Å². The van der Waals surface area contributed by atoms with E-state index in [4.69, 9.17) is 15.7 Å². The first-order chi connectivity index (χ1) is 8.81. The van der Waals surface area contributed by atoms with E-state index in [0.717, 1.165) is 0 Å². The maximum atomic E-state index is 8.68. The van der Waals surface area contributed by atoms with Gasteiger partial charge in [-0.3, -0.25) is 0 Å². The van der Waals surface area contributed by atoms with Gasteiger partial charge in [-0.25, -0.2) is 9.97 Å². The van der Waals surface area contributed by atoms with Crippen molar-refractivity contribution >= 4 is 5.84 Å². The van der Waals surface area contributed by atoms with Crippen LogP contribution in [0, 0.1) is 0 Å². The number of hydrogen-bond acceptors (Lipinski definition) is 5. The monoisotopic (exact) mass is 244 g/mol. The summed E-state index contributed by atoms with van der Waals surface area (Å²) < 4.78 is 5.55. The quantitative estimate of drug-likeness (QED) is 0.364. The number of oxime groups is 1. The lowest BCUT2D eigenvalue weighted by Gasteiger charge is -2.09. The summed E-state index contributed by atoms with van der Waals surface area (Å²) in [5, 5.41) is 11.6. The highest BCUT2D eigenvalue weighted by molar-refractivity contribution is 5.99. The van der Waals surface area contributed by atoms with Crippen LogP contribution in [0.25, 0.3) is 0 Å². The molecule has 1 aromatic carbocycles. The third-order valence-corrected chi connectivity index (χ3v) is 2.25. The summed E-state index contributed by atoms with van der Waals surface area (Å²) in [7, 11) is 0. The Hall–Kier alpha value is -2.63. The van der Waals surface area contributed by atoms with E-state index in [1.165, 1.54) is 0 Å². The van der Waals surface area contributed by atoms with Gasteiger partial charge in [0.25, 0.3) is 0 Å². The van der Waals surface area contributed by atoms with Crippen molar-refractivity contribution < 1.29 is 9.94 Å². The lowest BCUT2D eigenvalue weighted by atomic mass is 10.2. The molecule has 6 nitrogen and oxygen atoms in total. The van der Waals surface area contributed by atoms with Crippen LogP contribution >= 0.6 is 0 Å². The molecule has 0 saturated heterocycles. The van der Waals surface area contributed by atoms with Crippen LogP contribution in [-0.2, 0) is 6.61 Å². The summed E-state index contributed by atoms with van der Waals surface area (Å²) in [6.45, 7) is 0.219. The number of aromatic nitrogens is 2. The molecule has 0 aliphatic rings. The maximum absolute atomic E-state index is 8.68. The molecule has 0 saturated carbocycles. The lowest BCUT2D eigenvalue weighted by Crippen LogP contribution is -2.15. The van der Waals surface area contributed by atoms with Gasteiger partial charge in [0.2, 0.25) is 0 Å². The summed E-state index contributed by atoms with van der Waals surface area (Å²) in [6, 6.07) is 8.75. The van der Waals surface area contributed by atoms with Gasteiger partial charge < -0.3 is 15.7 Å². The van der Waals surface area contributed by atoms with Gasteiger partial charge in [0.15, 0.2) is 11.7 Å². The van der Waals surface area contributed by atoms with Gasteiger partial charge in [-0.05, 0) is 18.2 Å². The smallest absolute Gasteiger partial charge is 0.173 e. The van der Waals surface area contributed by atoms with Crippen LogP contribution in [0.4, 0.5) is 0 Å². The van der Waals surface area contributed by atoms with E-state index in [9.17, 15) is 0 Å². The molecule has 2 aromatic rings. The average Bonchev–Trinajstić information content (AvgIpc) is 2.45. The topological polar surface area (TPSA) is 93.6 Å². The number of para-hydroxylation sites is 1. The van der Waals surface area contributed by atoms with E-state index in [1.54, 1.807) is 42.7 Å². The highest BCUT2D eigenvalue weighted by Gasteiger charge is 2.07. The van der Waals surface area contributed by atoms with Crippen molar-refractivity contribution in [2.75, 3.05) is 0 Å². The Bertz CT molecular complexity index is 543. The minimum Gasteiger partial charge on any atom is -0.485 e. The summed E-state index contributed by atoms with van der Waals surface area (Å²) >= 11 is 0. The number of benzene rings is 1. The van der Waals surface area contributed by atoms with Gasteiger partial charge in [0.05, 0.1) is 5.56 Å². The number of ether oxygens (including phenoxy) is 1. The summed E-state index contributed by atoms with van der Waals surface area (Å²) in [5.41, 5.74) is 6.08. The van der Waals surface area contributed by atoms with Gasteiger partial charge in [0, 0.05) is 12.4 Å². The number of nitrogens with zero attached hydrogens (tertiary/aromatic N) is 3. The van der Waals surface area contributed by atoms with E-state index in [1.807, 2.05) is 0 Å². The Morgan fingerprint density at radius 3 is 2.67 bits per heavy atom. The zero-order valence-electron chi connectivity index (χ0n) is 9.52. The van der Waals surface area contributed by atoms with E-state index in [0.29, 0.717) is 17.1 Å². The molecule has 0 radical (unpaired) electrons. The first-order valence-corrected chi connectivity index (χ1v) is 5.27. The second-order valence-electron chi connectivity index (χ2n) is 3.44. The highest BCUT2D eigenvalue weighted by atomic mass is 16.5. The van der Waals surface area contributed by atoms with Gasteiger partial charge in [-0.1, -0.05) is 17.3 Å². The van der Waals surface area contributed by atoms with Gasteiger partial charge >= 0.3 is 0 Å². The third kappa shape index (κ3) is 2.73. The van der Waals surface area contributed by atoms with Crippen LogP contribution in [0.1, 0.15) is 11.4 Å². The molecular formula is C12H12N4O2. The van der Waals surface area contributed by atoms with Crippen LogP contribution in [0.2, 0.25) is 0 Å². The van der Waals surface area contributed by atoms with Crippen molar-refractivity contribution in [1.82, 2.24) is 9.97 Å². The predicted molar refractivity (Wildman–Crippen MR) is 65.3 cm³/mol. The normalized spacial score (nSPS) is 11.2. The molecule has 3 N–H and O–H groups in total. The minimum absolute atomic E-state index is 0.000389. The third-order valence-electron chi connectivity index (χ3n) is 2.25. The molecule has 18 heavy (non-hydrogen) atoms. The van der Waals surface area contributed by atoms with E-state index < -0.39 is 0 Å². The highest BCUT2D eigenvalue weighted by Crippen LogP contribution is 2.18. The molecule has 0 aliphatic carbocycles. The van der Waals surface area contributed by atoms with Crippen LogP contribution in [0.3, 0.4) is 0 Å². The fraction of sp³-hybridized carbons (Fsp3) is 0.0833. The standard InChI is InChI=1S/C12H12N4O2/c13-12(16-17)9-4-1-2-5-10(9)18-8-11-14-6-3-7-15-11/h1-7,17H,8H2,(H2,13,16). The molecule has 0 aliphatic heterocycles. The Morgan fingerprint density at radius 1 is 1.22 bits per heavy atom. The van der Waals surface area contributed by atoms with Gasteiger partial charge in [-0.15, -0.1) is 0 Å². The van der Waals surface area contributed by atoms with Crippen molar-refractivity contribution in [1.29, 1.82) is 0 Å². The van der Waals surface area contributed by atoms with Crippen molar-refractivity contribution in [2.45, 2.75) is 6.61 Å². The van der Waals surface area contributed by atoms with E-state index >= 15 is 0 Å². The molecule has 0 spiro atoms. The fourth-order valence-electron chi connectivity index (χ4n) is 1.40. The van der Waals surface area contributed by atoms with E-state index in [2.05, 4.69) is 15.1 Å². The molecule has 0 unspecified atom stereocenters. The van der Waals surface area contributed by atoms with Crippen molar-refractivity contribution in [3.63, 3.8) is 0 Å². The Balaban J connectivity index is 2.15. The lowest BCUT2D eigenvalue weighted by molar-refractivity contribution is 0.294. The number of hydrogen-bond donors (Lipinski definition) is 2. The Kier molecular flexibility index (Phi) is 3.70. The van der Waals surface area contributed by atoms with Crippen molar-refractivity contribution in [2.24, 2.45) is 10.9 Å². The van der Waals surface area contributed by atoms with Gasteiger partial charge in [-0.2, -0.15) is 0 Å². The first-order valence-electron chi connectivity index (χ1n) is 5.27. The average molecular weight is 244 g/mol. The van der Waals surface area contributed by atoms with E-state index in [-0.39, 0.29) is 12.4 Å².